The Hall–Kier alpha value is -1.97. The van der Waals surface area contributed by atoms with Crippen LogP contribution in [0.15, 0.2) is 41.1 Å². The average Bonchev–Trinajstić information content (AvgIpc) is 3.46. The number of fused-ring (bicyclic) bond motifs is 1. The van der Waals surface area contributed by atoms with E-state index >= 15 is 0 Å². The number of benzene rings is 1. The van der Waals surface area contributed by atoms with Crippen molar-refractivity contribution in [2.75, 3.05) is 30.3 Å². The summed E-state index contributed by atoms with van der Waals surface area (Å²) in [7, 11) is 0. The van der Waals surface area contributed by atoms with E-state index in [1.54, 1.807) is 30.7 Å². The summed E-state index contributed by atoms with van der Waals surface area (Å²) in [5, 5.41) is 1.00. The first-order valence-electron chi connectivity index (χ1n) is 10.8. The lowest BCUT2D eigenvalue weighted by Gasteiger charge is -2.25. The van der Waals surface area contributed by atoms with Crippen molar-refractivity contribution in [3.63, 3.8) is 0 Å². The summed E-state index contributed by atoms with van der Waals surface area (Å²) in [6.45, 7) is 4.91. The van der Waals surface area contributed by atoms with Gasteiger partial charge in [0.2, 0.25) is 5.75 Å². The summed E-state index contributed by atoms with van der Waals surface area (Å²) in [5.41, 5.74) is 7.87. The maximum atomic E-state index is 14.0. The number of thioether (sulfide) groups is 1. The van der Waals surface area contributed by atoms with Crippen LogP contribution in [0, 0.1) is 5.82 Å². The monoisotopic (exact) mass is 537 g/mol. The molecule has 0 aliphatic carbocycles. The number of furan rings is 1. The number of anilines is 1. The first kappa shape index (κ1) is 23.8. The van der Waals surface area contributed by atoms with E-state index in [1.807, 2.05) is 11.8 Å². The fraction of sp³-hybridized carbons (Fsp3) is 0.292. The molecule has 5 rings (SSSR count). The van der Waals surface area contributed by atoms with Gasteiger partial charge < -0.3 is 14.9 Å². The largest absolute Gasteiger partial charge is 0.478 e. The topological polar surface area (TPSA) is 64.5 Å². The fourth-order valence-electron chi connectivity index (χ4n) is 4.02. The number of aromatic nitrogens is 1. The third-order valence-electron chi connectivity index (χ3n) is 5.79. The summed E-state index contributed by atoms with van der Waals surface area (Å²) in [6, 6.07) is 6.94. The van der Waals surface area contributed by atoms with Crippen LogP contribution in [0.2, 0.25) is 10.0 Å². The van der Waals surface area contributed by atoms with E-state index in [1.165, 1.54) is 28.5 Å². The molecule has 4 heterocycles. The van der Waals surface area contributed by atoms with Crippen molar-refractivity contribution in [1.82, 2.24) is 9.88 Å². The smallest absolute Gasteiger partial charge is 0.205 e. The van der Waals surface area contributed by atoms with Crippen molar-refractivity contribution in [2.24, 2.45) is 0 Å². The summed E-state index contributed by atoms with van der Waals surface area (Å²) in [5.74, 6) is 2.24. The lowest BCUT2D eigenvalue weighted by molar-refractivity contribution is 0.227. The van der Waals surface area contributed by atoms with Gasteiger partial charge in [0.25, 0.3) is 0 Å². The molecule has 1 aliphatic heterocycles. The Morgan fingerprint density at radius 3 is 2.82 bits per heavy atom. The van der Waals surface area contributed by atoms with Gasteiger partial charge in [0, 0.05) is 63.2 Å². The van der Waals surface area contributed by atoms with Crippen molar-refractivity contribution in [2.45, 2.75) is 19.6 Å². The molecule has 178 valence electrons. The van der Waals surface area contributed by atoms with Crippen LogP contribution >= 0.6 is 46.3 Å². The standard InChI is InChI=1S/C24H22Cl2FN3O2S2/c1-13(20-17(25)3-4-18(27)21(20)26)32-23-22-15(10-29-24(23)28)16(12-31-22)19-5-2-14(34-19)11-30-6-8-33-9-7-30/h2-5,10,12-13H,6-9,11H2,1H3,(H2,28,29). The van der Waals surface area contributed by atoms with E-state index in [0.29, 0.717) is 16.2 Å². The predicted octanol–water partition coefficient (Wildman–Crippen LogP) is 7.27. The van der Waals surface area contributed by atoms with Crippen LogP contribution in [0.3, 0.4) is 0 Å². The van der Waals surface area contributed by atoms with Crippen LogP contribution in [0.1, 0.15) is 23.5 Å². The van der Waals surface area contributed by atoms with Crippen molar-refractivity contribution in [3.05, 3.63) is 63.0 Å². The van der Waals surface area contributed by atoms with Gasteiger partial charge in [-0.25, -0.2) is 9.37 Å². The van der Waals surface area contributed by atoms with E-state index in [-0.39, 0.29) is 16.6 Å². The number of pyridine rings is 1. The van der Waals surface area contributed by atoms with Crippen LogP contribution in [-0.4, -0.2) is 34.5 Å². The van der Waals surface area contributed by atoms with Crippen LogP contribution < -0.4 is 10.5 Å². The van der Waals surface area contributed by atoms with E-state index in [4.69, 9.17) is 38.1 Å². The van der Waals surface area contributed by atoms with Crippen molar-refractivity contribution >= 4 is 63.1 Å². The molecule has 34 heavy (non-hydrogen) atoms. The highest BCUT2D eigenvalue weighted by Crippen LogP contribution is 2.43. The van der Waals surface area contributed by atoms with Gasteiger partial charge in [-0.15, -0.1) is 11.3 Å². The average molecular weight is 538 g/mol. The minimum atomic E-state index is -0.685. The summed E-state index contributed by atoms with van der Waals surface area (Å²) < 4.78 is 26.0. The number of nitrogens with zero attached hydrogens (tertiary/aromatic N) is 2. The Morgan fingerprint density at radius 1 is 1.24 bits per heavy atom. The number of nitrogen functional groups attached to an aromatic ring is 1. The molecular weight excluding hydrogens is 516 g/mol. The lowest BCUT2D eigenvalue weighted by Crippen LogP contribution is -2.31. The summed E-state index contributed by atoms with van der Waals surface area (Å²) in [6.07, 6.45) is 2.69. The molecule has 1 saturated heterocycles. The minimum Gasteiger partial charge on any atom is -0.478 e. The Balaban J connectivity index is 1.44. The maximum Gasteiger partial charge on any atom is 0.205 e. The normalized spacial score (nSPS) is 15.6. The summed E-state index contributed by atoms with van der Waals surface area (Å²) in [4.78, 5) is 9.20. The first-order valence-corrected chi connectivity index (χ1v) is 13.5. The van der Waals surface area contributed by atoms with Crippen molar-refractivity contribution in [1.29, 1.82) is 0 Å². The molecule has 4 aromatic rings. The zero-order chi connectivity index (χ0) is 23.8. The third kappa shape index (κ3) is 4.62. The highest BCUT2D eigenvalue weighted by molar-refractivity contribution is 7.99. The molecule has 0 amide bonds. The number of rotatable bonds is 6. The Bertz CT molecular complexity index is 1340. The van der Waals surface area contributed by atoms with Crippen LogP contribution in [0.4, 0.5) is 10.2 Å². The quantitative estimate of drug-likeness (QED) is 0.261. The van der Waals surface area contributed by atoms with E-state index in [2.05, 4.69) is 22.0 Å². The second-order valence-electron chi connectivity index (χ2n) is 8.04. The molecule has 10 heteroatoms. The number of halogens is 3. The van der Waals surface area contributed by atoms with Gasteiger partial charge in [-0.2, -0.15) is 11.8 Å². The molecule has 0 bridgehead atoms. The van der Waals surface area contributed by atoms with Gasteiger partial charge in [0.05, 0.1) is 10.4 Å². The van der Waals surface area contributed by atoms with E-state index < -0.39 is 11.9 Å². The van der Waals surface area contributed by atoms with Gasteiger partial charge in [0.15, 0.2) is 11.4 Å². The fourth-order valence-corrected chi connectivity index (χ4v) is 6.75. The molecule has 1 fully saturated rings. The molecule has 3 aromatic heterocycles. The number of thiophene rings is 1. The molecule has 0 spiro atoms. The van der Waals surface area contributed by atoms with Crippen molar-refractivity contribution < 1.29 is 13.5 Å². The molecule has 0 saturated carbocycles. The third-order valence-corrected chi connectivity index (χ3v) is 8.55. The Labute approximate surface area is 215 Å². The van der Waals surface area contributed by atoms with Crippen molar-refractivity contribution in [3.8, 4) is 16.2 Å². The van der Waals surface area contributed by atoms with Crippen LogP contribution in [0.5, 0.6) is 5.75 Å². The number of ether oxygens (including phenoxy) is 1. The Morgan fingerprint density at radius 2 is 2.03 bits per heavy atom. The molecular formula is C24H22Cl2FN3O2S2. The summed E-state index contributed by atoms with van der Waals surface area (Å²) >= 11 is 16.2. The van der Waals surface area contributed by atoms with Gasteiger partial charge in [-0.05, 0) is 31.2 Å². The van der Waals surface area contributed by atoms with Crippen LogP contribution in [-0.2, 0) is 6.54 Å². The zero-order valence-corrected chi connectivity index (χ0v) is 21.5. The highest BCUT2D eigenvalue weighted by Gasteiger charge is 2.23. The molecule has 1 atom stereocenters. The molecule has 0 radical (unpaired) electrons. The van der Waals surface area contributed by atoms with Gasteiger partial charge in [-0.1, -0.05) is 23.2 Å². The molecule has 1 aromatic carbocycles. The lowest BCUT2D eigenvalue weighted by atomic mass is 10.1. The van der Waals surface area contributed by atoms with Gasteiger partial charge in [-0.3, -0.25) is 4.90 Å². The number of hydrogen-bond donors (Lipinski definition) is 1. The number of nitrogens with two attached hydrogens (primary N) is 1. The van der Waals surface area contributed by atoms with E-state index in [9.17, 15) is 4.39 Å². The SMILES string of the molecule is CC(Oc1c(N)ncc2c(-c3ccc(CN4CCSCC4)s3)coc12)c1c(Cl)ccc(F)c1Cl. The molecule has 1 aliphatic rings. The molecule has 2 N–H and O–H groups in total. The maximum absolute atomic E-state index is 14.0. The predicted molar refractivity (Wildman–Crippen MR) is 140 cm³/mol. The van der Waals surface area contributed by atoms with Gasteiger partial charge in [0.1, 0.15) is 18.2 Å². The second kappa shape index (κ2) is 9.95. The Kier molecular flexibility index (Phi) is 6.95. The number of hydrogen-bond acceptors (Lipinski definition) is 7. The van der Waals surface area contributed by atoms with E-state index in [0.717, 1.165) is 35.5 Å². The second-order valence-corrected chi connectivity index (χ2v) is 11.2. The van der Waals surface area contributed by atoms with Crippen LogP contribution in [0.25, 0.3) is 21.4 Å². The zero-order valence-electron chi connectivity index (χ0n) is 18.3. The molecule has 5 nitrogen and oxygen atoms in total. The minimum absolute atomic E-state index is 0.0859. The highest BCUT2D eigenvalue weighted by atomic mass is 35.5. The molecule has 1 unspecified atom stereocenters. The van der Waals surface area contributed by atoms with Gasteiger partial charge >= 0.3 is 0 Å². The first-order chi connectivity index (χ1) is 16.4.